The lowest BCUT2D eigenvalue weighted by Gasteiger charge is -2.24. The van der Waals surface area contributed by atoms with Gasteiger partial charge in [0.15, 0.2) is 0 Å². The van der Waals surface area contributed by atoms with Gasteiger partial charge in [0.05, 0.1) is 30.4 Å². The average Bonchev–Trinajstić information content (AvgIpc) is 3.14. The molecule has 0 saturated carbocycles. The van der Waals surface area contributed by atoms with Crippen molar-refractivity contribution in [2.45, 2.75) is 39.7 Å². The molecule has 0 aromatic carbocycles. The number of nitriles is 1. The van der Waals surface area contributed by atoms with Gasteiger partial charge in [-0.05, 0) is 17.9 Å². The van der Waals surface area contributed by atoms with Crippen LogP contribution >= 0.6 is 0 Å². The highest BCUT2D eigenvalue weighted by Gasteiger charge is 2.21. The molecule has 0 bridgehead atoms. The average molecular weight is 308 g/mol. The van der Waals surface area contributed by atoms with E-state index in [1.54, 1.807) is 6.33 Å². The normalized spacial score (nSPS) is 13.1. The first kappa shape index (κ1) is 15.2. The van der Waals surface area contributed by atoms with Crippen molar-refractivity contribution in [1.82, 2.24) is 24.7 Å². The van der Waals surface area contributed by atoms with Crippen LogP contribution in [0, 0.1) is 16.7 Å². The summed E-state index contributed by atoms with van der Waals surface area (Å²) in [6.07, 6.45) is 8.52. The zero-order valence-corrected chi connectivity index (χ0v) is 13.6. The second-order valence-electron chi connectivity index (χ2n) is 6.95. The molecule has 0 fully saturated rings. The molecule has 0 amide bonds. The standard InChI is InChI=1S/C17H20N6/c1-17(2,3)8-13(4-6-18)23-10-12(9-22-23)15-14-5-7-19-16(14)21-11-20-15/h5,7,9-11,13H,4,8H2,1-3H3,(H,19,20,21). The third-order valence-corrected chi connectivity index (χ3v) is 3.78. The quantitative estimate of drug-likeness (QED) is 0.796. The molecule has 0 aliphatic carbocycles. The Labute approximate surface area is 135 Å². The van der Waals surface area contributed by atoms with Crippen LogP contribution in [0.2, 0.25) is 0 Å². The van der Waals surface area contributed by atoms with Gasteiger partial charge in [-0.25, -0.2) is 9.97 Å². The number of aromatic amines is 1. The van der Waals surface area contributed by atoms with Crippen molar-refractivity contribution < 1.29 is 0 Å². The maximum atomic E-state index is 9.12. The molecule has 0 saturated heterocycles. The summed E-state index contributed by atoms with van der Waals surface area (Å²) in [5, 5.41) is 14.6. The first-order valence-electron chi connectivity index (χ1n) is 7.67. The van der Waals surface area contributed by atoms with E-state index in [0.29, 0.717) is 6.42 Å². The zero-order chi connectivity index (χ0) is 16.4. The van der Waals surface area contributed by atoms with Crippen molar-refractivity contribution in [2.24, 2.45) is 5.41 Å². The zero-order valence-electron chi connectivity index (χ0n) is 13.6. The molecule has 6 heteroatoms. The fraction of sp³-hybridized carbons (Fsp3) is 0.412. The largest absolute Gasteiger partial charge is 0.346 e. The van der Waals surface area contributed by atoms with E-state index in [2.05, 4.69) is 46.9 Å². The number of nitrogens with zero attached hydrogens (tertiary/aromatic N) is 5. The fourth-order valence-electron chi connectivity index (χ4n) is 2.83. The van der Waals surface area contributed by atoms with E-state index < -0.39 is 0 Å². The predicted molar refractivity (Wildman–Crippen MR) is 88.4 cm³/mol. The molecule has 3 heterocycles. The van der Waals surface area contributed by atoms with Crippen molar-refractivity contribution in [3.05, 3.63) is 31.0 Å². The molecule has 3 aromatic rings. The predicted octanol–water partition coefficient (Wildman–Crippen LogP) is 3.71. The Balaban J connectivity index is 1.96. The van der Waals surface area contributed by atoms with Crippen LogP contribution in [0.3, 0.4) is 0 Å². The Morgan fingerprint density at radius 1 is 1.35 bits per heavy atom. The third kappa shape index (κ3) is 3.24. The minimum Gasteiger partial charge on any atom is -0.346 e. The Kier molecular flexibility index (Phi) is 3.87. The molecule has 0 aliphatic rings. The van der Waals surface area contributed by atoms with Crippen LogP contribution in [0.25, 0.3) is 22.3 Å². The first-order valence-corrected chi connectivity index (χ1v) is 7.67. The Hall–Kier alpha value is -2.68. The van der Waals surface area contributed by atoms with E-state index in [4.69, 9.17) is 5.26 Å². The lowest BCUT2D eigenvalue weighted by molar-refractivity contribution is 0.281. The van der Waals surface area contributed by atoms with E-state index in [1.807, 2.05) is 29.3 Å². The summed E-state index contributed by atoms with van der Waals surface area (Å²) in [7, 11) is 0. The Morgan fingerprint density at radius 2 is 2.17 bits per heavy atom. The minimum absolute atomic E-state index is 0.0669. The molecule has 0 aliphatic heterocycles. The SMILES string of the molecule is CC(C)(C)CC(CC#N)n1cc(-c2ncnc3[nH]ccc23)cn1. The van der Waals surface area contributed by atoms with Gasteiger partial charge in [-0.3, -0.25) is 4.68 Å². The minimum atomic E-state index is 0.0669. The number of aromatic nitrogens is 5. The Bertz CT molecular complexity index is 846. The van der Waals surface area contributed by atoms with Gasteiger partial charge in [-0.1, -0.05) is 20.8 Å². The maximum Gasteiger partial charge on any atom is 0.141 e. The van der Waals surface area contributed by atoms with Gasteiger partial charge in [0, 0.05) is 23.3 Å². The summed E-state index contributed by atoms with van der Waals surface area (Å²) in [5.41, 5.74) is 2.74. The molecule has 3 aromatic heterocycles. The smallest absolute Gasteiger partial charge is 0.141 e. The van der Waals surface area contributed by atoms with Crippen LogP contribution in [-0.4, -0.2) is 24.7 Å². The topological polar surface area (TPSA) is 83.2 Å². The second-order valence-corrected chi connectivity index (χ2v) is 6.95. The van der Waals surface area contributed by atoms with E-state index >= 15 is 0 Å². The first-order chi connectivity index (χ1) is 11.0. The number of rotatable bonds is 4. The van der Waals surface area contributed by atoms with Crippen LogP contribution in [0.5, 0.6) is 0 Å². The van der Waals surface area contributed by atoms with Gasteiger partial charge in [0.25, 0.3) is 0 Å². The molecular formula is C17H20N6. The number of H-pyrrole nitrogens is 1. The van der Waals surface area contributed by atoms with Crippen LogP contribution in [-0.2, 0) is 0 Å². The van der Waals surface area contributed by atoms with Gasteiger partial charge >= 0.3 is 0 Å². The summed E-state index contributed by atoms with van der Waals surface area (Å²) in [5.74, 6) is 0. The fourth-order valence-corrected chi connectivity index (χ4v) is 2.83. The van der Waals surface area contributed by atoms with Gasteiger partial charge < -0.3 is 4.98 Å². The van der Waals surface area contributed by atoms with Crippen molar-refractivity contribution in [2.75, 3.05) is 0 Å². The van der Waals surface area contributed by atoms with Crippen LogP contribution in [0.1, 0.15) is 39.7 Å². The van der Waals surface area contributed by atoms with Crippen molar-refractivity contribution >= 4 is 11.0 Å². The number of hydrogen-bond donors (Lipinski definition) is 1. The molecule has 6 nitrogen and oxygen atoms in total. The van der Waals surface area contributed by atoms with Crippen LogP contribution < -0.4 is 0 Å². The molecule has 23 heavy (non-hydrogen) atoms. The van der Waals surface area contributed by atoms with E-state index in [9.17, 15) is 0 Å². The molecule has 3 rings (SSSR count). The summed E-state index contributed by atoms with van der Waals surface area (Å²) >= 11 is 0. The number of nitrogens with one attached hydrogen (secondary N) is 1. The molecule has 0 spiro atoms. The number of fused-ring (bicyclic) bond motifs is 1. The van der Waals surface area contributed by atoms with Crippen LogP contribution in [0.15, 0.2) is 31.0 Å². The lowest BCUT2D eigenvalue weighted by atomic mass is 9.87. The highest BCUT2D eigenvalue weighted by atomic mass is 15.3. The highest BCUT2D eigenvalue weighted by Crippen LogP contribution is 2.31. The molecule has 1 N–H and O–H groups in total. The van der Waals surface area contributed by atoms with E-state index in [-0.39, 0.29) is 11.5 Å². The monoisotopic (exact) mass is 308 g/mol. The molecule has 1 unspecified atom stereocenters. The molecule has 0 radical (unpaired) electrons. The van der Waals surface area contributed by atoms with Gasteiger partial charge in [-0.2, -0.15) is 10.4 Å². The molecular weight excluding hydrogens is 288 g/mol. The van der Waals surface area contributed by atoms with Gasteiger partial charge in [0.1, 0.15) is 12.0 Å². The van der Waals surface area contributed by atoms with Crippen molar-refractivity contribution in [1.29, 1.82) is 5.26 Å². The van der Waals surface area contributed by atoms with E-state index in [0.717, 1.165) is 28.7 Å². The highest BCUT2D eigenvalue weighted by molar-refractivity contribution is 5.89. The maximum absolute atomic E-state index is 9.12. The summed E-state index contributed by atoms with van der Waals surface area (Å²) in [4.78, 5) is 11.7. The molecule has 1 atom stereocenters. The van der Waals surface area contributed by atoms with Gasteiger partial charge in [-0.15, -0.1) is 0 Å². The Morgan fingerprint density at radius 3 is 2.91 bits per heavy atom. The number of hydrogen-bond acceptors (Lipinski definition) is 4. The van der Waals surface area contributed by atoms with Gasteiger partial charge in [0.2, 0.25) is 0 Å². The van der Waals surface area contributed by atoms with Crippen molar-refractivity contribution in [3.63, 3.8) is 0 Å². The summed E-state index contributed by atoms with van der Waals surface area (Å²) < 4.78 is 1.89. The summed E-state index contributed by atoms with van der Waals surface area (Å²) in [6, 6.07) is 4.30. The van der Waals surface area contributed by atoms with E-state index in [1.165, 1.54) is 0 Å². The molecule has 118 valence electrons. The van der Waals surface area contributed by atoms with Crippen molar-refractivity contribution in [3.8, 4) is 17.3 Å². The second kappa shape index (κ2) is 5.84. The summed E-state index contributed by atoms with van der Waals surface area (Å²) in [6.45, 7) is 6.53. The lowest BCUT2D eigenvalue weighted by Crippen LogP contribution is -2.17. The van der Waals surface area contributed by atoms with Crippen LogP contribution in [0.4, 0.5) is 0 Å². The third-order valence-electron chi connectivity index (χ3n) is 3.78.